The van der Waals surface area contributed by atoms with Crippen LogP contribution >= 0.6 is 34.9 Å². The Kier molecular flexibility index (Phi) is 6.85. The van der Waals surface area contributed by atoms with Crippen LogP contribution in [0.1, 0.15) is 31.2 Å². The number of hydrogen-bond donors (Lipinski definition) is 0. The summed E-state index contributed by atoms with van der Waals surface area (Å²) in [5, 5.41) is 2.37. The molecule has 0 fully saturated rings. The molecular formula is C24H20N2O2S3. The first kappa shape index (κ1) is 21.7. The Balaban J connectivity index is 1.56. The quantitative estimate of drug-likeness (QED) is 0.133. The van der Waals surface area contributed by atoms with Crippen LogP contribution in [0.5, 0.6) is 0 Å². The minimum Gasteiger partial charge on any atom is -0.293 e. The summed E-state index contributed by atoms with van der Waals surface area (Å²) < 4.78 is 0. The first-order chi connectivity index (χ1) is 15.0. The summed E-state index contributed by atoms with van der Waals surface area (Å²) in [6.45, 7) is 4.13. The van der Waals surface area contributed by atoms with Crippen molar-refractivity contribution >= 4 is 56.6 Å². The van der Waals surface area contributed by atoms with Crippen molar-refractivity contribution in [2.24, 2.45) is 0 Å². The van der Waals surface area contributed by atoms with Gasteiger partial charge in [-0.2, -0.15) is 0 Å². The largest absolute Gasteiger partial charge is 0.293 e. The number of aromatic nitrogens is 2. The van der Waals surface area contributed by atoms with Gasteiger partial charge in [0.05, 0.1) is 11.5 Å². The second-order valence-electron chi connectivity index (χ2n) is 6.93. The third kappa shape index (κ3) is 5.06. The first-order valence-corrected chi connectivity index (χ1v) is 12.5. The summed E-state index contributed by atoms with van der Waals surface area (Å²) >= 11 is 4.39. The smallest absolute Gasteiger partial charge is 0.190 e. The van der Waals surface area contributed by atoms with Gasteiger partial charge in [0.25, 0.3) is 0 Å². The number of Topliss-reactive ketones (excluding diaryl/α,β-unsaturated/α-hetero) is 2. The van der Waals surface area contributed by atoms with Crippen LogP contribution in [-0.2, 0) is 0 Å². The Hall–Kier alpha value is -2.48. The minimum atomic E-state index is 0.0429. The van der Waals surface area contributed by atoms with Gasteiger partial charge in [0, 0.05) is 21.4 Å². The number of hydrogen-bond acceptors (Lipinski definition) is 7. The number of carbonyl (C=O) groups excluding carboxylic acids is 2. The Morgan fingerprint density at radius 1 is 0.806 bits per heavy atom. The normalized spacial score (nSPS) is 11.0. The van der Waals surface area contributed by atoms with E-state index in [1.165, 1.54) is 28.4 Å². The Labute approximate surface area is 193 Å². The molecule has 4 aromatic rings. The van der Waals surface area contributed by atoms with E-state index in [2.05, 4.69) is 18.8 Å². The summed E-state index contributed by atoms with van der Waals surface area (Å²) in [5.74, 6) is 0.681. The van der Waals surface area contributed by atoms with Gasteiger partial charge < -0.3 is 0 Å². The maximum Gasteiger partial charge on any atom is 0.190 e. The highest BCUT2D eigenvalue weighted by atomic mass is 32.2. The van der Waals surface area contributed by atoms with E-state index in [9.17, 15) is 9.59 Å². The van der Waals surface area contributed by atoms with E-state index in [1.807, 2.05) is 60.7 Å². The van der Waals surface area contributed by atoms with Crippen LogP contribution in [0.4, 0.5) is 0 Å². The van der Waals surface area contributed by atoms with E-state index in [1.54, 1.807) is 11.3 Å². The zero-order valence-electron chi connectivity index (χ0n) is 17.1. The van der Waals surface area contributed by atoms with Crippen molar-refractivity contribution in [1.29, 1.82) is 0 Å². The monoisotopic (exact) mass is 464 g/mol. The van der Waals surface area contributed by atoms with Crippen molar-refractivity contribution in [3.63, 3.8) is 0 Å². The van der Waals surface area contributed by atoms with Gasteiger partial charge >= 0.3 is 0 Å². The molecule has 156 valence electrons. The molecule has 0 saturated carbocycles. The molecule has 0 saturated heterocycles. The highest BCUT2D eigenvalue weighted by molar-refractivity contribution is 8.00. The van der Waals surface area contributed by atoms with Crippen molar-refractivity contribution in [1.82, 2.24) is 9.97 Å². The maximum atomic E-state index is 12.6. The van der Waals surface area contributed by atoms with Gasteiger partial charge in [0.1, 0.15) is 9.86 Å². The number of ketones is 2. The summed E-state index contributed by atoms with van der Waals surface area (Å²) in [7, 11) is 0. The molecule has 31 heavy (non-hydrogen) atoms. The lowest BCUT2D eigenvalue weighted by atomic mass is 10.2. The fourth-order valence-electron chi connectivity index (χ4n) is 3.04. The lowest BCUT2D eigenvalue weighted by molar-refractivity contribution is 0.101. The molecule has 0 radical (unpaired) electrons. The molecule has 4 nitrogen and oxygen atoms in total. The number of thioether (sulfide) groups is 2. The molecule has 0 aliphatic heterocycles. The molecule has 0 amide bonds. The molecule has 0 unspecified atom stereocenters. The van der Waals surface area contributed by atoms with Crippen LogP contribution in [0.15, 0.2) is 70.8 Å². The fraction of sp³-hybridized carbons (Fsp3) is 0.167. The Morgan fingerprint density at radius 2 is 1.35 bits per heavy atom. The van der Waals surface area contributed by atoms with Gasteiger partial charge in [-0.05, 0) is 19.4 Å². The third-order valence-corrected chi connectivity index (χ3v) is 7.76. The molecule has 4 rings (SSSR count). The predicted molar refractivity (Wildman–Crippen MR) is 130 cm³/mol. The van der Waals surface area contributed by atoms with Crippen molar-refractivity contribution in [3.8, 4) is 0 Å². The molecule has 2 aromatic heterocycles. The minimum absolute atomic E-state index is 0.0429. The zero-order valence-corrected chi connectivity index (χ0v) is 19.6. The van der Waals surface area contributed by atoms with E-state index in [-0.39, 0.29) is 17.3 Å². The first-order valence-electron chi connectivity index (χ1n) is 9.72. The van der Waals surface area contributed by atoms with Crippen molar-refractivity contribution < 1.29 is 9.59 Å². The van der Waals surface area contributed by atoms with Crippen molar-refractivity contribution in [3.05, 3.63) is 82.2 Å². The predicted octanol–water partition coefficient (Wildman–Crippen LogP) is 6.26. The average molecular weight is 465 g/mol. The summed E-state index contributed by atoms with van der Waals surface area (Å²) in [4.78, 5) is 36.6. The van der Waals surface area contributed by atoms with E-state index in [0.717, 1.165) is 20.8 Å². The SMILES string of the molecule is Cc1sc2nc(SCC(=O)c3ccccc3)nc(SCC(=O)c3ccccc3)c2c1C. The van der Waals surface area contributed by atoms with Crippen LogP contribution in [0, 0.1) is 13.8 Å². The molecule has 0 aliphatic rings. The van der Waals surface area contributed by atoms with Gasteiger partial charge in [-0.1, -0.05) is 84.2 Å². The molecule has 0 spiro atoms. The van der Waals surface area contributed by atoms with Gasteiger partial charge in [0.15, 0.2) is 16.7 Å². The van der Waals surface area contributed by atoms with E-state index >= 15 is 0 Å². The number of thiophene rings is 1. The number of aryl methyl sites for hydroxylation is 2. The second-order valence-corrected chi connectivity index (χ2v) is 10.0. The molecule has 0 atom stereocenters. The van der Waals surface area contributed by atoms with Gasteiger partial charge in [-0.25, -0.2) is 9.97 Å². The van der Waals surface area contributed by atoms with E-state index < -0.39 is 0 Å². The Morgan fingerprint density at radius 3 is 1.94 bits per heavy atom. The average Bonchev–Trinajstić information content (AvgIpc) is 3.10. The fourth-order valence-corrected chi connectivity index (χ4v) is 5.97. The lowest BCUT2D eigenvalue weighted by Crippen LogP contribution is -2.04. The summed E-state index contributed by atoms with van der Waals surface area (Å²) in [6, 6.07) is 18.5. The summed E-state index contributed by atoms with van der Waals surface area (Å²) in [5.41, 5.74) is 2.52. The molecular weight excluding hydrogens is 444 g/mol. The molecule has 0 N–H and O–H groups in total. The van der Waals surface area contributed by atoms with Crippen molar-refractivity contribution in [2.75, 3.05) is 11.5 Å². The van der Waals surface area contributed by atoms with Gasteiger partial charge in [0.2, 0.25) is 0 Å². The van der Waals surface area contributed by atoms with Crippen LogP contribution in [0.2, 0.25) is 0 Å². The standard InChI is InChI=1S/C24H20N2O2S3/c1-15-16(2)31-23-21(15)22(29-13-19(27)17-9-5-3-6-10-17)25-24(26-23)30-14-20(28)18-11-7-4-8-12-18/h3-12H,13-14H2,1-2H3. The number of benzene rings is 2. The molecule has 0 bridgehead atoms. The second kappa shape index (κ2) is 9.77. The molecule has 2 heterocycles. The molecule has 0 aliphatic carbocycles. The lowest BCUT2D eigenvalue weighted by Gasteiger charge is -2.07. The number of carbonyl (C=O) groups is 2. The molecule has 2 aromatic carbocycles. The highest BCUT2D eigenvalue weighted by Gasteiger charge is 2.18. The number of nitrogens with zero attached hydrogens (tertiary/aromatic N) is 2. The zero-order chi connectivity index (χ0) is 21.8. The van der Waals surface area contributed by atoms with Crippen LogP contribution in [0.3, 0.4) is 0 Å². The van der Waals surface area contributed by atoms with Crippen LogP contribution in [0.25, 0.3) is 10.2 Å². The van der Waals surface area contributed by atoms with Crippen molar-refractivity contribution in [2.45, 2.75) is 24.0 Å². The van der Waals surface area contributed by atoms with E-state index in [4.69, 9.17) is 4.98 Å². The van der Waals surface area contributed by atoms with E-state index in [0.29, 0.717) is 22.0 Å². The number of rotatable bonds is 8. The van der Waals surface area contributed by atoms with Crippen LogP contribution < -0.4 is 0 Å². The molecule has 7 heteroatoms. The topological polar surface area (TPSA) is 59.9 Å². The van der Waals surface area contributed by atoms with Crippen LogP contribution in [-0.4, -0.2) is 33.0 Å². The van der Waals surface area contributed by atoms with Gasteiger partial charge in [-0.3, -0.25) is 9.59 Å². The summed E-state index contributed by atoms with van der Waals surface area (Å²) in [6.07, 6.45) is 0. The van der Waals surface area contributed by atoms with Gasteiger partial charge in [-0.15, -0.1) is 11.3 Å². The highest BCUT2D eigenvalue weighted by Crippen LogP contribution is 2.36. The Bertz CT molecular complexity index is 1240. The third-order valence-electron chi connectivity index (χ3n) is 4.84. The number of fused-ring (bicyclic) bond motifs is 1. The maximum absolute atomic E-state index is 12.6.